The second-order valence-corrected chi connectivity index (χ2v) is 4.97. The third kappa shape index (κ3) is 4.24. The van der Waals surface area contributed by atoms with Gasteiger partial charge in [0.2, 0.25) is 5.91 Å². The van der Waals surface area contributed by atoms with Gasteiger partial charge in [0.25, 0.3) is 0 Å². The number of aryl methyl sites for hydroxylation is 2. The third-order valence-corrected chi connectivity index (χ3v) is 3.34. The smallest absolute Gasteiger partial charge is 0.224 e. The van der Waals surface area contributed by atoms with E-state index >= 15 is 0 Å². The summed E-state index contributed by atoms with van der Waals surface area (Å²) in [6.45, 7) is 1.94. The molecule has 1 amide bonds. The minimum absolute atomic E-state index is 0.0143. The summed E-state index contributed by atoms with van der Waals surface area (Å²) >= 11 is 0. The third-order valence-electron chi connectivity index (χ3n) is 3.34. The van der Waals surface area contributed by atoms with Crippen molar-refractivity contribution in [2.24, 2.45) is 0 Å². The maximum atomic E-state index is 12.0. The number of rotatable bonds is 5. The van der Waals surface area contributed by atoms with E-state index in [1.807, 2.05) is 43.3 Å². The van der Waals surface area contributed by atoms with Crippen LogP contribution in [0, 0.1) is 6.92 Å². The maximum absolute atomic E-state index is 12.0. The van der Waals surface area contributed by atoms with Crippen LogP contribution in [0.3, 0.4) is 0 Å². The van der Waals surface area contributed by atoms with Gasteiger partial charge in [-0.05, 0) is 48.7 Å². The Labute approximate surface area is 124 Å². The average molecular weight is 284 g/mol. The summed E-state index contributed by atoms with van der Waals surface area (Å²) in [5.41, 5.74) is 9.26. The van der Waals surface area contributed by atoms with Crippen molar-refractivity contribution in [3.63, 3.8) is 0 Å². The molecule has 0 aliphatic heterocycles. The fourth-order valence-corrected chi connectivity index (χ4v) is 2.04. The van der Waals surface area contributed by atoms with Crippen LogP contribution in [0.15, 0.2) is 42.5 Å². The first-order chi connectivity index (χ1) is 10.1. The highest BCUT2D eigenvalue weighted by atomic mass is 16.5. The number of nitrogens with two attached hydrogens (primary N) is 1. The van der Waals surface area contributed by atoms with Gasteiger partial charge in [-0.2, -0.15) is 0 Å². The van der Waals surface area contributed by atoms with E-state index in [9.17, 15) is 4.79 Å². The molecule has 0 aliphatic carbocycles. The molecule has 2 aromatic rings. The molecule has 0 atom stereocenters. The molecule has 0 aromatic heterocycles. The van der Waals surface area contributed by atoms with Crippen LogP contribution >= 0.6 is 0 Å². The lowest BCUT2D eigenvalue weighted by Crippen LogP contribution is -2.13. The Kier molecular flexibility index (Phi) is 4.82. The van der Waals surface area contributed by atoms with Crippen molar-refractivity contribution in [1.29, 1.82) is 0 Å². The van der Waals surface area contributed by atoms with E-state index in [0.717, 1.165) is 22.6 Å². The predicted molar refractivity (Wildman–Crippen MR) is 85.5 cm³/mol. The maximum Gasteiger partial charge on any atom is 0.224 e. The van der Waals surface area contributed by atoms with E-state index < -0.39 is 0 Å². The van der Waals surface area contributed by atoms with Gasteiger partial charge >= 0.3 is 0 Å². The Morgan fingerprint density at radius 1 is 1.19 bits per heavy atom. The molecule has 0 aliphatic rings. The average Bonchev–Trinajstić information content (AvgIpc) is 2.49. The zero-order valence-corrected chi connectivity index (χ0v) is 12.3. The molecule has 21 heavy (non-hydrogen) atoms. The van der Waals surface area contributed by atoms with Crippen LogP contribution in [0.2, 0.25) is 0 Å². The van der Waals surface area contributed by atoms with E-state index in [2.05, 4.69) is 5.32 Å². The molecule has 2 aromatic carbocycles. The van der Waals surface area contributed by atoms with Gasteiger partial charge in [0, 0.05) is 17.8 Å². The first-order valence-electron chi connectivity index (χ1n) is 6.87. The molecule has 0 unspecified atom stereocenters. The van der Waals surface area contributed by atoms with E-state index in [1.165, 1.54) is 0 Å². The molecule has 110 valence electrons. The number of amides is 1. The van der Waals surface area contributed by atoms with Crippen molar-refractivity contribution in [2.45, 2.75) is 19.8 Å². The Hall–Kier alpha value is -2.49. The normalized spacial score (nSPS) is 10.2. The van der Waals surface area contributed by atoms with E-state index in [-0.39, 0.29) is 5.91 Å². The summed E-state index contributed by atoms with van der Waals surface area (Å²) < 4.78 is 5.11. The van der Waals surface area contributed by atoms with Gasteiger partial charge in [-0.3, -0.25) is 4.79 Å². The van der Waals surface area contributed by atoms with Crippen LogP contribution in [-0.4, -0.2) is 13.0 Å². The van der Waals surface area contributed by atoms with Gasteiger partial charge in [-0.15, -0.1) is 0 Å². The molecule has 2 rings (SSSR count). The van der Waals surface area contributed by atoms with Gasteiger partial charge in [0.05, 0.1) is 7.11 Å². The lowest BCUT2D eigenvalue weighted by Gasteiger charge is -2.09. The molecule has 0 radical (unpaired) electrons. The molecule has 0 bridgehead atoms. The fraction of sp³-hybridized carbons (Fsp3) is 0.235. The Bertz CT molecular complexity index is 621. The van der Waals surface area contributed by atoms with Gasteiger partial charge in [-0.1, -0.05) is 18.2 Å². The zero-order chi connectivity index (χ0) is 15.2. The van der Waals surface area contributed by atoms with Gasteiger partial charge in [0.1, 0.15) is 5.75 Å². The van der Waals surface area contributed by atoms with E-state index in [1.54, 1.807) is 13.2 Å². The molecule has 3 N–H and O–H groups in total. The largest absolute Gasteiger partial charge is 0.497 e. The lowest BCUT2D eigenvalue weighted by molar-refractivity contribution is -0.116. The molecule has 4 nitrogen and oxygen atoms in total. The number of nitrogens with one attached hydrogen (secondary N) is 1. The number of methoxy groups -OCH3 is 1. The SMILES string of the molecule is COc1ccc(CCC(=O)Nc2cc(N)ccc2C)cc1. The summed E-state index contributed by atoms with van der Waals surface area (Å²) in [7, 11) is 1.64. The first kappa shape index (κ1) is 14.9. The summed E-state index contributed by atoms with van der Waals surface area (Å²) in [6.07, 6.45) is 1.12. The van der Waals surface area contributed by atoms with Crippen LogP contribution in [0.1, 0.15) is 17.5 Å². The summed E-state index contributed by atoms with van der Waals surface area (Å²) in [5, 5.41) is 2.90. The van der Waals surface area contributed by atoms with Crippen LogP contribution in [-0.2, 0) is 11.2 Å². The van der Waals surface area contributed by atoms with Crippen LogP contribution < -0.4 is 15.8 Å². The second-order valence-electron chi connectivity index (χ2n) is 4.97. The van der Waals surface area contributed by atoms with Crippen LogP contribution in [0.4, 0.5) is 11.4 Å². The minimum Gasteiger partial charge on any atom is -0.497 e. The molecule has 0 spiro atoms. The van der Waals surface area contributed by atoms with Crippen LogP contribution in [0.5, 0.6) is 5.75 Å². The number of anilines is 2. The fourth-order valence-electron chi connectivity index (χ4n) is 2.04. The highest BCUT2D eigenvalue weighted by molar-refractivity contribution is 5.92. The Balaban J connectivity index is 1.91. The van der Waals surface area contributed by atoms with Crippen molar-refractivity contribution in [2.75, 3.05) is 18.2 Å². The van der Waals surface area contributed by atoms with Crippen molar-refractivity contribution in [3.05, 3.63) is 53.6 Å². The highest BCUT2D eigenvalue weighted by Gasteiger charge is 2.06. The standard InChI is InChI=1S/C17H20N2O2/c1-12-3-7-14(18)11-16(12)19-17(20)10-6-13-4-8-15(21-2)9-5-13/h3-5,7-9,11H,6,10,18H2,1-2H3,(H,19,20). The van der Waals surface area contributed by atoms with E-state index in [0.29, 0.717) is 18.5 Å². The molecular formula is C17H20N2O2. The van der Waals surface area contributed by atoms with E-state index in [4.69, 9.17) is 10.5 Å². The number of hydrogen-bond acceptors (Lipinski definition) is 3. The van der Waals surface area contributed by atoms with Gasteiger partial charge < -0.3 is 15.8 Å². The molecule has 0 fully saturated rings. The van der Waals surface area contributed by atoms with Crippen molar-refractivity contribution in [3.8, 4) is 5.75 Å². The lowest BCUT2D eigenvalue weighted by atomic mass is 10.1. The number of carbonyl (C=O) groups excluding carboxylic acids is 1. The van der Waals surface area contributed by atoms with Crippen molar-refractivity contribution < 1.29 is 9.53 Å². The second kappa shape index (κ2) is 6.79. The molecule has 0 saturated heterocycles. The first-order valence-corrected chi connectivity index (χ1v) is 6.87. The number of benzene rings is 2. The van der Waals surface area contributed by atoms with Crippen molar-refractivity contribution >= 4 is 17.3 Å². The van der Waals surface area contributed by atoms with Crippen LogP contribution in [0.25, 0.3) is 0 Å². The summed E-state index contributed by atoms with van der Waals surface area (Å²) in [6, 6.07) is 13.2. The molecule has 0 saturated carbocycles. The number of ether oxygens (including phenoxy) is 1. The summed E-state index contributed by atoms with van der Waals surface area (Å²) in [4.78, 5) is 12.0. The zero-order valence-electron chi connectivity index (χ0n) is 12.3. The topological polar surface area (TPSA) is 64.3 Å². The monoisotopic (exact) mass is 284 g/mol. The Morgan fingerprint density at radius 3 is 2.57 bits per heavy atom. The quantitative estimate of drug-likeness (QED) is 0.829. The predicted octanol–water partition coefficient (Wildman–Crippen LogP) is 3.16. The highest BCUT2D eigenvalue weighted by Crippen LogP contribution is 2.19. The molecule has 0 heterocycles. The minimum atomic E-state index is -0.0143. The number of carbonyl (C=O) groups is 1. The van der Waals surface area contributed by atoms with Crippen molar-refractivity contribution in [1.82, 2.24) is 0 Å². The van der Waals surface area contributed by atoms with Gasteiger partial charge in [0.15, 0.2) is 0 Å². The van der Waals surface area contributed by atoms with Gasteiger partial charge in [-0.25, -0.2) is 0 Å². The number of nitrogen functional groups attached to an aromatic ring is 1. The molecule has 4 heteroatoms. The molecular weight excluding hydrogens is 264 g/mol. The summed E-state index contributed by atoms with van der Waals surface area (Å²) in [5.74, 6) is 0.804. The number of hydrogen-bond donors (Lipinski definition) is 2. The Morgan fingerprint density at radius 2 is 1.90 bits per heavy atom.